The van der Waals surface area contributed by atoms with Crippen LogP contribution in [-0.4, -0.2) is 9.25 Å². The van der Waals surface area contributed by atoms with Crippen molar-refractivity contribution in [3.8, 4) is 34.1 Å². The Morgan fingerprint density at radius 2 is 1.39 bits per heavy atom. The van der Waals surface area contributed by atoms with Gasteiger partial charge in [-0.3, -0.25) is 0 Å². The van der Waals surface area contributed by atoms with Crippen LogP contribution >= 0.6 is 0 Å². The summed E-state index contributed by atoms with van der Waals surface area (Å²) in [6, 6.07) is 45.3. The van der Waals surface area contributed by atoms with E-state index in [2.05, 4.69) is 171 Å². The molecule has 1 spiro atoms. The lowest BCUT2D eigenvalue weighted by molar-refractivity contribution is -0.993. The molecular weight excluding hydrogens is 564 g/mol. The number of ether oxygens (including phenoxy) is 1. The standard InChI is InChI=1S/C41H26N4O/c1-2-9-27(10-3-1)16-17-28-18-20-29(21-19-28)30-25-43-34-13-8-14-35-38(34)41(44(43)26-30)39-36(46-35)23-22-32-31-11-4-5-12-33(31)45(40(32)39)37-15-6-7-24-42(37)41/h1-26H/q+2/b17-16+. The minimum Gasteiger partial charge on any atom is -0.456 e. The molecule has 0 radical (unpaired) electrons. The molecule has 3 aliphatic rings. The summed E-state index contributed by atoms with van der Waals surface area (Å²) >= 11 is 0. The van der Waals surface area contributed by atoms with Crippen molar-refractivity contribution in [3.05, 3.63) is 168 Å². The van der Waals surface area contributed by atoms with E-state index in [4.69, 9.17) is 4.74 Å². The number of hydrogen-bond acceptors (Lipinski definition) is 1. The second-order valence-electron chi connectivity index (χ2n) is 12.3. The van der Waals surface area contributed by atoms with E-state index in [9.17, 15) is 0 Å². The molecule has 0 N–H and O–H groups in total. The minimum absolute atomic E-state index is 0.670. The summed E-state index contributed by atoms with van der Waals surface area (Å²) in [4.78, 5) is 0. The normalized spacial score (nSPS) is 16.4. The van der Waals surface area contributed by atoms with Crippen molar-refractivity contribution in [1.82, 2.24) is 9.25 Å². The van der Waals surface area contributed by atoms with Crippen molar-refractivity contribution in [2.24, 2.45) is 0 Å². The molecule has 0 bridgehead atoms. The molecule has 8 aromatic rings. The topological polar surface area (TPSA) is 26.8 Å². The third-order valence-corrected chi connectivity index (χ3v) is 9.98. The van der Waals surface area contributed by atoms with Crippen LogP contribution in [0.1, 0.15) is 22.3 Å². The molecule has 0 fully saturated rings. The average molecular weight is 591 g/mol. The van der Waals surface area contributed by atoms with Gasteiger partial charge >= 0.3 is 5.66 Å². The summed E-state index contributed by atoms with van der Waals surface area (Å²) < 4.78 is 16.4. The number of benzene rings is 5. The van der Waals surface area contributed by atoms with E-state index in [0.29, 0.717) is 0 Å². The molecule has 0 saturated heterocycles. The first-order valence-electron chi connectivity index (χ1n) is 15.7. The Kier molecular flexibility index (Phi) is 4.46. The van der Waals surface area contributed by atoms with Crippen molar-refractivity contribution in [1.29, 1.82) is 0 Å². The second kappa shape index (κ2) is 8.49. The summed E-state index contributed by atoms with van der Waals surface area (Å²) in [6.07, 6.45) is 11.1. The number of rotatable bonds is 3. The molecule has 5 heteroatoms. The third kappa shape index (κ3) is 2.86. The van der Waals surface area contributed by atoms with Gasteiger partial charge in [-0.15, -0.1) is 4.68 Å². The smallest absolute Gasteiger partial charge is 0.397 e. The summed E-state index contributed by atoms with van der Waals surface area (Å²) in [6.45, 7) is 0. The molecule has 1 unspecified atom stereocenters. The lowest BCUT2D eigenvalue weighted by atomic mass is 9.84. The summed E-state index contributed by atoms with van der Waals surface area (Å²) in [5.74, 6) is 2.91. The zero-order valence-electron chi connectivity index (χ0n) is 24.7. The highest BCUT2D eigenvalue weighted by atomic mass is 16.5. The first kappa shape index (κ1) is 24.2. The van der Waals surface area contributed by atoms with Crippen LogP contribution in [0.3, 0.4) is 0 Å². The van der Waals surface area contributed by atoms with Crippen molar-refractivity contribution in [2.75, 3.05) is 0 Å². The zero-order chi connectivity index (χ0) is 30.0. The van der Waals surface area contributed by atoms with Crippen LogP contribution < -0.4 is 14.0 Å². The molecule has 214 valence electrons. The van der Waals surface area contributed by atoms with Gasteiger partial charge < -0.3 is 4.74 Å². The fourth-order valence-corrected chi connectivity index (χ4v) is 8.11. The molecule has 46 heavy (non-hydrogen) atoms. The maximum absolute atomic E-state index is 6.77. The molecule has 0 aliphatic carbocycles. The molecule has 1 atom stereocenters. The van der Waals surface area contributed by atoms with Gasteiger partial charge in [0.05, 0.1) is 18.0 Å². The Balaban J connectivity index is 1.17. The number of pyridine rings is 1. The molecule has 5 aromatic carbocycles. The maximum atomic E-state index is 6.77. The van der Waals surface area contributed by atoms with E-state index in [1.54, 1.807) is 0 Å². The Morgan fingerprint density at radius 1 is 0.609 bits per heavy atom. The average Bonchev–Trinajstić information content (AvgIpc) is 3.78. The fourth-order valence-electron chi connectivity index (χ4n) is 8.11. The third-order valence-electron chi connectivity index (χ3n) is 9.98. The highest BCUT2D eigenvalue weighted by molar-refractivity contribution is 6.11. The molecular formula is C41H26N4O+2. The quantitative estimate of drug-likeness (QED) is 0.151. The van der Waals surface area contributed by atoms with E-state index in [1.165, 1.54) is 44.1 Å². The van der Waals surface area contributed by atoms with Crippen LogP contribution in [0, 0.1) is 0 Å². The van der Waals surface area contributed by atoms with Crippen LogP contribution in [0.15, 0.2) is 146 Å². The fraction of sp³-hybridized carbons (Fsp3) is 0.0244. The first-order valence-corrected chi connectivity index (χ1v) is 15.7. The molecule has 0 amide bonds. The number of fused-ring (bicyclic) bond motifs is 7. The van der Waals surface area contributed by atoms with E-state index >= 15 is 0 Å². The monoisotopic (exact) mass is 590 g/mol. The molecule has 11 rings (SSSR count). The summed E-state index contributed by atoms with van der Waals surface area (Å²) in [5, 5.41) is 2.48. The number of aromatic nitrogens is 4. The van der Waals surface area contributed by atoms with Gasteiger partial charge in [-0.2, -0.15) is 9.13 Å². The van der Waals surface area contributed by atoms with Gasteiger partial charge in [0.1, 0.15) is 28.3 Å². The maximum Gasteiger partial charge on any atom is 0.397 e. The Labute approximate surface area is 264 Å². The van der Waals surface area contributed by atoms with Gasteiger partial charge in [-0.05, 0) is 59.2 Å². The lowest BCUT2D eigenvalue weighted by Crippen LogP contribution is -2.76. The number of nitrogens with zero attached hydrogens (tertiary/aromatic N) is 4. The van der Waals surface area contributed by atoms with Crippen LogP contribution in [0.25, 0.3) is 56.6 Å². The van der Waals surface area contributed by atoms with Gasteiger partial charge in [0.25, 0.3) is 5.82 Å². The highest BCUT2D eigenvalue weighted by Crippen LogP contribution is 2.55. The Bertz CT molecular complexity index is 2610. The van der Waals surface area contributed by atoms with Gasteiger partial charge in [-0.1, -0.05) is 95.7 Å². The van der Waals surface area contributed by atoms with Gasteiger partial charge in [0.2, 0.25) is 6.20 Å². The van der Waals surface area contributed by atoms with Crippen molar-refractivity contribution >= 4 is 34.0 Å². The molecule has 5 nitrogen and oxygen atoms in total. The van der Waals surface area contributed by atoms with Crippen LogP contribution in [0.4, 0.5) is 0 Å². The van der Waals surface area contributed by atoms with Gasteiger partial charge in [0, 0.05) is 16.8 Å². The van der Waals surface area contributed by atoms with Gasteiger partial charge in [-0.25, -0.2) is 0 Å². The summed E-state index contributed by atoms with van der Waals surface area (Å²) in [7, 11) is 0. The van der Waals surface area contributed by atoms with Crippen molar-refractivity contribution in [3.63, 3.8) is 0 Å². The van der Waals surface area contributed by atoms with Crippen molar-refractivity contribution in [2.45, 2.75) is 5.66 Å². The number of para-hydroxylation sites is 1. The van der Waals surface area contributed by atoms with E-state index < -0.39 is 5.66 Å². The van der Waals surface area contributed by atoms with Crippen molar-refractivity contribution < 1.29 is 14.0 Å². The molecule has 3 aliphatic heterocycles. The largest absolute Gasteiger partial charge is 0.456 e. The first-order chi connectivity index (χ1) is 22.8. The predicted octanol–water partition coefficient (Wildman–Crippen LogP) is 8.02. The number of hydrogen-bond donors (Lipinski definition) is 0. The Hall–Kier alpha value is -6.20. The van der Waals surface area contributed by atoms with E-state index in [0.717, 1.165) is 34.1 Å². The molecule has 3 aromatic heterocycles. The van der Waals surface area contributed by atoms with E-state index in [-0.39, 0.29) is 0 Å². The molecule has 6 heterocycles. The van der Waals surface area contributed by atoms with Crippen LogP contribution in [0.5, 0.6) is 11.5 Å². The lowest BCUT2D eigenvalue weighted by Gasteiger charge is -2.32. The van der Waals surface area contributed by atoms with Crippen LogP contribution in [0.2, 0.25) is 0 Å². The minimum atomic E-state index is -0.670. The van der Waals surface area contributed by atoms with Crippen LogP contribution in [-0.2, 0) is 5.66 Å². The zero-order valence-corrected chi connectivity index (χ0v) is 24.7. The van der Waals surface area contributed by atoms with Gasteiger partial charge in [0.15, 0.2) is 11.1 Å². The summed E-state index contributed by atoms with van der Waals surface area (Å²) in [5.41, 5.74) is 9.88. The highest BCUT2D eigenvalue weighted by Gasteiger charge is 2.68. The Morgan fingerprint density at radius 3 is 2.28 bits per heavy atom. The SMILES string of the molecule is C(=C\c1ccc(-c2cn3[n+](c2)C24c5c(cccc5-3)Oc3ccc5c6ccccc6n(c5c32)-c2cccc[n+]24)cc1)/c1ccccc1. The van der Waals surface area contributed by atoms with E-state index in [1.807, 2.05) is 6.07 Å². The molecule has 0 saturated carbocycles. The predicted molar refractivity (Wildman–Crippen MR) is 179 cm³/mol. The second-order valence-corrected chi connectivity index (χ2v) is 12.3.